The predicted molar refractivity (Wildman–Crippen MR) is 82.0 cm³/mol. The van der Waals surface area contributed by atoms with Gasteiger partial charge in [-0.3, -0.25) is 0 Å². The van der Waals surface area contributed by atoms with Gasteiger partial charge in [-0.15, -0.1) is 0 Å². The molecule has 0 aliphatic carbocycles. The van der Waals surface area contributed by atoms with Gasteiger partial charge in [0.05, 0.1) is 11.6 Å². The molecule has 0 amide bonds. The average Bonchev–Trinajstić information content (AvgIpc) is 2.47. The van der Waals surface area contributed by atoms with Gasteiger partial charge in [0.2, 0.25) is 0 Å². The standard InChI is InChI=1S/C16H14BrFN2/c1-2-12-8-14(17)4-6-16(12)20-10-13-7-11(9-19)3-5-15(13)18/h3-8,20H,2,10H2,1H3. The molecular formula is C16H14BrFN2. The van der Waals surface area contributed by atoms with Crippen molar-refractivity contribution in [3.05, 3.63) is 63.4 Å². The minimum Gasteiger partial charge on any atom is -0.381 e. The maximum Gasteiger partial charge on any atom is 0.128 e. The predicted octanol–water partition coefficient (Wildman–Crippen LogP) is 4.63. The zero-order valence-corrected chi connectivity index (χ0v) is 12.7. The van der Waals surface area contributed by atoms with Crippen LogP contribution in [0.3, 0.4) is 0 Å². The lowest BCUT2D eigenvalue weighted by molar-refractivity contribution is 0.612. The molecule has 0 saturated carbocycles. The lowest BCUT2D eigenvalue weighted by atomic mass is 10.1. The van der Waals surface area contributed by atoms with Crippen LogP contribution in [0.1, 0.15) is 23.6 Å². The maximum atomic E-state index is 13.7. The first kappa shape index (κ1) is 14.5. The van der Waals surface area contributed by atoms with Gasteiger partial charge in [-0.25, -0.2) is 4.39 Å². The summed E-state index contributed by atoms with van der Waals surface area (Å²) >= 11 is 3.44. The molecule has 2 aromatic rings. The number of hydrogen-bond donors (Lipinski definition) is 1. The Hall–Kier alpha value is -1.86. The zero-order valence-electron chi connectivity index (χ0n) is 11.1. The Kier molecular flexibility index (Phi) is 4.75. The van der Waals surface area contributed by atoms with E-state index >= 15 is 0 Å². The highest BCUT2D eigenvalue weighted by molar-refractivity contribution is 9.10. The van der Waals surface area contributed by atoms with Crippen LogP contribution in [0, 0.1) is 17.1 Å². The molecule has 0 saturated heterocycles. The number of anilines is 1. The molecule has 0 spiro atoms. The summed E-state index contributed by atoms with van der Waals surface area (Å²) in [5, 5.41) is 12.1. The number of nitrogens with zero attached hydrogens (tertiary/aromatic N) is 1. The van der Waals surface area contributed by atoms with E-state index in [1.165, 1.54) is 12.1 Å². The molecule has 102 valence electrons. The van der Waals surface area contributed by atoms with E-state index in [0.29, 0.717) is 17.7 Å². The van der Waals surface area contributed by atoms with Gasteiger partial charge in [0, 0.05) is 22.3 Å². The summed E-state index contributed by atoms with van der Waals surface area (Å²) < 4.78 is 14.7. The van der Waals surface area contributed by atoms with Crippen LogP contribution in [-0.2, 0) is 13.0 Å². The number of hydrogen-bond acceptors (Lipinski definition) is 2. The summed E-state index contributed by atoms with van der Waals surface area (Å²) in [7, 11) is 0. The fourth-order valence-electron chi connectivity index (χ4n) is 2.00. The quantitative estimate of drug-likeness (QED) is 0.885. The van der Waals surface area contributed by atoms with E-state index in [1.807, 2.05) is 24.3 Å². The SMILES string of the molecule is CCc1cc(Br)ccc1NCc1cc(C#N)ccc1F. The summed E-state index contributed by atoms with van der Waals surface area (Å²) in [4.78, 5) is 0. The highest BCUT2D eigenvalue weighted by atomic mass is 79.9. The number of rotatable bonds is 4. The molecule has 0 aliphatic rings. The molecular weight excluding hydrogens is 319 g/mol. The molecule has 20 heavy (non-hydrogen) atoms. The van der Waals surface area contributed by atoms with Crippen LogP contribution in [0.5, 0.6) is 0 Å². The Balaban J connectivity index is 2.19. The highest BCUT2D eigenvalue weighted by Gasteiger charge is 2.06. The Morgan fingerprint density at radius 1 is 1.20 bits per heavy atom. The molecule has 0 aliphatic heterocycles. The van der Waals surface area contributed by atoms with Crippen LogP contribution in [-0.4, -0.2) is 0 Å². The van der Waals surface area contributed by atoms with Gasteiger partial charge < -0.3 is 5.32 Å². The van der Waals surface area contributed by atoms with Crippen molar-refractivity contribution in [1.29, 1.82) is 5.26 Å². The average molecular weight is 333 g/mol. The maximum absolute atomic E-state index is 13.7. The molecule has 2 aromatic carbocycles. The Morgan fingerprint density at radius 3 is 2.70 bits per heavy atom. The van der Waals surface area contributed by atoms with Crippen LogP contribution in [0.2, 0.25) is 0 Å². The largest absolute Gasteiger partial charge is 0.381 e. The molecule has 2 nitrogen and oxygen atoms in total. The summed E-state index contributed by atoms with van der Waals surface area (Å²) in [5.74, 6) is -0.299. The van der Waals surface area contributed by atoms with Crippen LogP contribution >= 0.6 is 15.9 Å². The summed E-state index contributed by atoms with van der Waals surface area (Å²) in [6, 6.07) is 12.4. The number of benzene rings is 2. The van der Waals surface area contributed by atoms with E-state index in [-0.39, 0.29) is 5.82 Å². The van der Waals surface area contributed by atoms with Crippen LogP contribution < -0.4 is 5.32 Å². The molecule has 0 heterocycles. The number of halogens is 2. The van der Waals surface area contributed by atoms with Crippen LogP contribution in [0.15, 0.2) is 40.9 Å². The van der Waals surface area contributed by atoms with E-state index in [9.17, 15) is 4.39 Å². The topological polar surface area (TPSA) is 35.8 Å². The second-order valence-corrected chi connectivity index (χ2v) is 5.34. The minimum atomic E-state index is -0.299. The molecule has 0 atom stereocenters. The van der Waals surface area contributed by atoms with E-state index < -0.39 is 0 Å². The number of nitriles is 1. The number of nitrogens with one attached hydrogen (secondary N) is 1. The summed E-state index contributed by atoms with van der Waals surface area (Å²) in [6.45, 7) is 2.43. The third kappa shape index (κ3) is 3.37. The van der Waals surface area contributed by atoms with Crippen molar-refractivity contribution in [2.75, 3.05) is 5.32 Å². The van der Waals surface area contributed by atoms with Crippen molar-refractivity contribution in [1.82, 2.24) is 0 Å². The van der Waals surface area contributed by atoms with Crippen molar-refractivity contribution in [2.45, 2.75) is 19.9 Å². The van der Waals surface area contributed by atoms with Crippen LogP contribution in [0.4, 0.5) is 10.1 Å². The molecule has 0 fully saturated rings. The van der Waals surface area contributed by atoms with Crippen molar-refractivity contribution in [2.24, 2.45) is 0 Å². The Bertz CT molecular complexity index is 662. The lowest BCUT2D eigenvalue weighted by Crippen LogP contribution is -2.04. The first-order valence-corrected chi connectivity index (χ1v) is 7.14. The fourth-order valence-corrected chi connectivity index (χ4v) is 2.41. The molecule has 0 bridgehead atoms. The molecule has 4 heteroatoms. The zero-order chi connectivity index (χ0) is 14.5. The first-order chi connectivity index (χ1) is 9.63. The van der Waals surface area contributed by atoms with Crippen molar-refractivity contribution in [3.63, 3.8) is 0 Å². The molecule has 2 rings (SSSR count). The molecule has 0 radical (unpaired) electrons. The van der Waals surface area contributed by atoms with Gasteiger partial charge in [0.1, 0.15) is 5.82 Å². The van der Waals surface area contributed by atoms with Gasteiger partial charge in [0.15, 0.2) is 0 Å². The highest BCUT2D eigenvalue weighted by Crippen LogP contribution is 2.22. The molecule has 1 N–H and O–H groups in total. The third-order valence-electron chi connectivity index (χ3n) is 3.09. The van der Waals surface area contributed by atoms with Gasteiger partial charge in [0.25, 0.3) is 0 Å². The van der Waals surface area contributed by atoms with Crippen molar-refractivity contribution in [3.8, 4) is 6.07 Å². The van der Waals surface area contributed by atoms with Gasteiger partial charge in [-0.05, 0) is 48.4 Å². The Labute approximate surface area is 126 Å². The number of aryl methyl sites for hydroxylation is 1. The molecule has 0 unspecified atom stereocenters. The normalized spacial score (nSPS) is 10.1. The third-order valence-corrected chi connectivity index (χ3v) is 3.59. The smallest absolute Gasteiger partial charge is 0.128 e. The summed E-state index contributed by atoms with van der Waals surface area (Å²) in [5.41, 5.74) is 3.11. The minimum absolute atomic E-state index is 0.299. The van der Waals surface area contributed by atoms with E-state index in [0.717, 1.165) is 22.1 Å². The first-order valence-electron chi connectivity index (χ1n) is 6.35. The second-order valence-electron chi connectivity index (χ2n) is 4.43. The van der Waals surface area contributed by atoms with Gasteiger partial charge >= 0.3 is 0 Å². The van der Waals surface area contributed by atoms with Gasteiger partial charge in [-0.1, -0.05) is 22.9 Å². The summed E-state index contributed by atoms with van der Waals surface area (Å²) in [6.07, 6.45) is 0.891. The van der Waals surface area contributed by atoms with Crippen molar-refractivity contribution < 1.29 is 4.39 Å². The van der Waals surface area contributed by atoms with E-state index in [1.54, 1.807) is 6.07 Å². The van der Waals surface area contributed by atoms with Gasteiger partial charge in [-0.2, -0.15) is 5.26 Å². The second kappa shape index (κ2) is 6.53. The lowest BCUT2D eigenvalue weighted by Gasteiger charge is -2.12. The fraction of sp³-hybridized carbons (Fsp3) is 0.188. The van der Waals surface area contributed by atoms with E-state index in [2.05, 4.69) is 28.2 Å². The van der Waals surface area contributed by atoms with Crippen LogP contribution in [0.25, 0.3) is 0 Å². The monoisotopic (exact) mass is 332 g/mol. The molecule has 0 aromatic heterocycles. The van der Waals surface area contributed by atoms with E-state index in [4.69, 9.17) is 5.26 Å². The van der Waals surface area contributed by atoms with Crippen molar-refractivity contribution >= 4 is 21.6 Å². The Morgan fingerprint density at radius 2 is 2.00 bits per heavy atom.